The quantitative estimate of drug-likeness (QED) is 0.177. The number of hydrogen-bond donors (Lipinski definition) is 1. The predicted molar refractivity (Wildman–Crippen MR) is 189 cm³/mol. The van der Waals surface area contributed by atoms with Crippen LogP contribution >= 0.6 is 0 Å². The number of benzene rings is 4. The van der Waals surface area contributed by atoms with E-state index in [1.807, 2.05) is 95.3 Å². The van der Waals surface area contributed by atoms with Crippen LogP contribution in [0, 0.1) is 20.8 Å². The lowest BCUT2D eigenvalue weighted by Crippen LogP contribution is -2.54. The van der Waals surface area contributed by atoms with E-state index in [4.69, 9.17) is 9.47 Å². The maximum atomic E-state index is 14.7. The number of carbonyl (C=O) groups excluding carboxylic acids is 2. The van der Waals surface area contributed by atoms with Gasteiger partial charge in [-0.25, -0.2) is 8.42 Å². The number of carbonyl (C=O) groups is 2. The van der Waals surface area contributed by atoms with Crippen molar-refractivity contribution in [1.29, 1.82) is 0 Å². The molecule has 0 radical (unpaired) electrons. The predicted octanol–water partition coefficient (Wildman–Crippen LogP) is 5.99. The van der Waals surface area contributed by atoms with Crippen LogP contribution in [0.5, 0.6) is 11.5 Å². The zero-order chi connectivity index (χ0) is 35.0. The van der Waals surface area contributed by atoms with Crippen LogP contribution in [-0.4, -0.2) is 58.0 Å². The van der Waals surface area contributed by atoms with Crippen molar-refractivity contribution in [2.24, 2.45) is 0 Å². The van der Waals surface area contributed by atoms with Crippen molar-refractivity contribution in [1.82, 2.24) is 10.2 Å². The Morgan fingerprint density at radius 2 is 1.40 bits per heavy atom. The summed E-state index contributed by atoms with van der Waals surface area (Å²) in [6.45, 7) is 8.97. The lowest BCUT2D eigenvalue weighted by molar-refractivity contribution is -0.140. The number of sulfonamides is 1. The highest BCUT2D eigenvalue weighted by molar-refractivity contribution is 7.92. The summed E-state index contributed by atoms with van der Waals surface area (Å²) in [4.78, 5) is 30.0. The second-order valence-electron chi connectivity index (χ2n) is 12.3. The highest BCUT2D eigenvalue weighted by Crippen LogP contribution is 2.33. The Labute approximate surface area is 284 Å². The third-order valence-corrected chi connectivity index (χ3v) is 9.62. The zero-order valence-electron chi connectivity index (χ0n) is 28.7. The van der Waals surface area contributed by atoms with Gasteiger partial charge >= 0.3 is 0 Å². The average molecular weight is 672 g/mol. The molecule has 10 heteroatoms. The molecule has 0 saturated heterocycles. The first-order valence-electron chi connectivity index (χ1n) is 15.8. The molecule has 0 spiro atoms. The van der Waals surface area contributed by atoms with Gasteiger partial charge in [-0.15, -0.1) is 0 Å². The summed E-state index contributed by atoms with van der Waals surface area (Å²) >= 11 is 0. The Hall–Kier alpha value is -4.83. The number of hydrogen-bond acceptors (Lipinski definition) is 6. The number of ether oxygens (including phenoxy) is 2. The van der Waals surface area contributed by atoms with Crippen molar-refractivity contribution in [2.75, 3.05) is 25.1 Å². The molecule has 0 fully saturated rings. The Bertz CT molecular complexity index is 1820. The van der Waals surface area contributed by atoms with Crippen LogP contribution in [0.15, 0.2) is 95.9 Å². The molecule has 4 aromatic carbocycles. The molecular weight excluding hydrogens is 627 g/mol. The largest absolute Gasteiger partial charge is 0.493 e. The van der Waals surface area contributed by atoms with Gasteiger partial charge in [0.2, 0.25) is 11.8 Å². The number of methoxy groups -OCH3 is 2. The molecule has 4 rings (SSSR count). The van der Waals surface area contributed by atoms with Crippen molar-refractivity contribution in [3.63, 3.8) is 0 Å². The van der Waals surface area contributed by atoms with Gasteiger partial charge in [-0.05, 0) is 81.1 Å². The molecule has 0 unspecified atom stereocenters. The third kappa shape index (κ3) is 8.95. The molecule has 0 aliphatic carbocycles. The molecule has 254 valence electrons. The third-order valence-electron chi connectivity index (χ3n) is 7.85. The molecule has 48 heavy (non-hydrogen) atoms. The van der Waals surface area contributed by atoms with Gasteiger partial charge in [-0.1, -0.05) is 66.2 Å². The van der Waals surface area contributed by atoms with Crippen LogP contribution in [0.25, 0.3) is 0 Å². The van der Waals surface area contributed by atoms with Crippen molar-refractivity contribution < 1.29 is 27.5 Å². The normalized spacial score (nSPS) is 11.9. The highest BCUT2D eigenvalue weighted by Gasteiger charge is 2.35. The lowest BCUT2D eigenvalue weighted by Gasteiger charge is -2.34. The second-order valence-corrected chi connectivity index (χ2v) is 14.1. The van der Waals surface area contributed by atoms with E-state index in [0.29, 0.717) is 11.4 Å². The summed E-state index contributed by atoms with van der Waals surface area (Å²) in [5.74, 6) is -0.246. The monoisotopic (exact) mass is 671 g/mol. The van der Waals surface area contributed by atoms with Crippen molar-refractivity contribution in [3.05, 3.63) is 119 Å². The van der Waals surface area contributed by atoms with Gasteiger partial charge in [0, 0.05) is 25.1 Å². The molecule has 9 nitrogen and oxygen atoms in total. The van der Waals surface area contributed by atoms with E-state index in [1.165, 1.54) is 37.3 Å². The van der Waals surface area contributed by atoms with Crippen LogP contribution < -0.4 is 19.1 Å². The Morgan fingerprint density at radius 3 is 2.00 bits per heavy atom. The Balaban J connectivity index is 1.86. The van der Waals surface area contributed by atoms with Gasteiger partial charge in [0.05, 0.1) is 24.8 Å². The van der Waals surface area contributed by atoms with E-state index in [9.17, 15) is 18.0 Å². The molecule has 0 heterocycles. The van der Waals surface area contributed by atoms with Crippen molar-refractivity contribution in [2.45, 2.75) is 64.6 Å². The number of amides is 2. The minimum atomic E-state index is -4.33. The molecular formula is C38H45N3O6S. The van der Waals surface area contributed by atoms with Crippen LogP contribution in [0.4, 0.5) is 5.69 Å². The first-order valence-corrected chi connectivity index (χ1v) is 17.3. The van der Waals surface area contributed by atoms with Crippen molar-refractivity contribution >= 4 is 27.5 Å². The molecule has 0 aliphatic heterocycles. The van der Waals surface area contributed by atoms with Crippen LogP contribution in [0.3, 0.4) is 0 Å². The standard InChI is InChI=1S/C38H45N3O6S/c1-26(2)39-38(43)34(22-30-13-9-8-10-14-30)40(24-31-15-11-12-27(3)19-31)37(42)25-41(32-20-28(4)18-29(5)21-32)48(44,45)33-16-17-35(46-6)36(23-33)47-7/h8-21,23,26,34H,22,24-25H2,1-7H3,(H,39,43)/t34-/m1/s1. The topological polar surface area (TPSA) is 105 Å². The van der Waals surface area contributed by atoms with E-state index in [2.05, 4.69) is 5.32 Å². The van der Waals surface area contributed by atoms with E-state index in [1.54, 1.807) is 12.1 Å². The molecule has 0 aliphatic rings. The summed E-state index contributed by atoms with van der Waals surface area (Å²) < 4.78 is 40.9. The molecule has 4 aromatic rings. The fourth-order valence-electron chi connectivity index (χ4n) is 5.67. The highest BCUT2D eigenvalue weighted by atomic mass is 32.2. The summed E-state index contributed by atoms with van der Waals surface area (Å²) in [5.41, 5.74) is 4.68. The second kappa shape index (κ2) is 15.8. The number of aryl methyl sites for hydroxylation is 3. The smallest absolute Gasteiger partial charge is 0.264 e. The average Bonchev–Trinajstić information content (AvgIpc) is 3.04. The molecule has 1 N–H and O–H groups in total. The van der Waals surface area contributed by atoms with E-state index in [0.717, 1.165) is 32.1 Å². The SMILES string of the molecule is COc1ccc(S(=O)(=O)N(CC(=O)N(Cc2cccc(C)c2)[C@H](Cc2ccccc2)C(=O)NC(C)C)c2cc(C)cc(C)c2)cc1OC. The van der Waals surface area contributed by atoms with Gasteiger partial charge in [0.1, 0.15) is 12.6 Å². The minimum absolute atomic E-state index is 0.0734. The maximum Gasteiger partial charge on any atom is 0.264 e. The molecule has 2 amide bonds. The summed E-state index contributed by atoms with van der Waals surface area (Å²) in [6, 6.07) is 25.8. The summed E-state index contributed by atoms with van der Waals surface area (Å²) in [5, 5.41) is 2.98. The lowest BCUT2D eigenvalue weighted by atomic mass is 10.0. The summed E-state index contributed by atoms with van der Waals surface area (Å²) in [7, 11) is -1.43. The van der Waals surface area contributed by atoms with Gasteiger partial charge in [-0.3, -0.25) is 13.9 Å². The number of nitrogens with one attached hydrogen (secondary N) is 1. The molecule has 0 aromatic heterocycles. The Kier molecular flexibility index (Phi) is 11.9. The number of rotatable bonds is 14. The van der Waals surface area contributed by atoms with Gasteiger partial charge < -0.3 is 19.7 Å². The van der Waals surface area contributed by atoms with Crippen LogP contribution in [-0.2, 0) is 32.6 Å². The fourth-order valence-corrected chi connectivity index (χ4v) is 7.08. The van der Waals surface area contributed by atoms with Gasteiger partial charge in [0.25, 0.3) is 10.0 Å². The zero-order valence-corrected chi connectivity index (χ0v) is 29.5. The van der Waals surface area contributed by atoms with Crippen LogP contribution in [0.1, 0.15) is 41.7 Å². The van der Waals surface area contributed by atoms with E-state index < -0.39 is 28.5 Å². The van der Waals surface area contributed by atoms with Gasteiger partial charge in [-0.2, -0.15) is 0 Å². The maximum absolute atomic E-state index is 14.7. The number of anilines is 1. The molecule has 0 bridgehead atoms. The van der Waals surface area contributed by atoms with E-state index >= 15 is 0 Å². The van der Waals surface area contributed by atoms with Crippen LogP contribution in [0.2, 0.25) is 0 Å². The number of nitrogens with zero attached hydrogens (tertiary/aromatic N) is 2. The minimum Gasteiger partial charge on any atom is -0.493 e. The molecule has 1 atom stereocenters. The van der Waals surface area contributed by atoms with Crippen molar-refractivity contribution in [3.8, 4) is 11.5 Å². The fraction of sp³-hybridized carbons (Fsp3) is 0.316. The molecule has 0 saturated carbocycles. The Morgan fingerprint density at radius 1 is 0.750 bits per heavy atom. The summed E-state index contributed by atoms with van der Waals surface area (Å²) in [6.07, 6.45) is 0.239. The first-order chi connectivity index (χ1) is 22.8. The first kappa shape index (κ1) is 36.0. The van der Waals surface area contributed by atoms with Gasteiger partial charge in [0.15, 0.2) is 11.5 Å². The van der Waals surface area contributed by atoms with E-state index in [-0.39, 0.29) is 35.6 Å².